The molecule has 1 atom stereocenters. The van der Waals surface area contributed by atoms with E-state index in [0.29, 0.717) is 0 Å². The SMILES string of the molecule is N#Cc1c(N2CCC(N)C2)sc2ccccc12. The third-order valence-corrected chi connectivity index (χ3v) is 4.43. The van der Waals surface area contributed by atoms with Crippen LogP contribution in [0, 0.1) is 11.3 Å². The van der Waals surface area contributed by atoms with Gasteiger partial charge in [0, 0.05) is 29.2 Å². The van der Waals surface area contributed by atoms with E-state index in [1.165, 1.54) is 4.70 Å². The fraction of sp³-hybridized carbons (Fsp3) is 0.308. The number of hydrogen-bond acceptors (Lipinski definition) is 4. The van der Waals surface area contributed by atoms with E-state index in [4.69, 9.17) is 5.73 Å². The van der Waals surface area contributed by atoms with Crippen LogP contribution in [0.25, 0.3) is 10.1 Å². The van der Waals surface area contributed by atoms with Gasteiger partial charge in [-0.25, -0.2) is 0 Å². The lowest BCUT2D eigenvalue weighted by molar-refractivity contribution is 0.752. The predicted octanol–water partition coefficient (Wildman–Crippen LogP) is 2.31. The Balaban J connectivity index is 2.13. The zero-order valence-electron chi connectivity index (χ0n) is 9.39. The molecule has 17 heavy (non-hydrogen) atoms. The van der Waals surface area contributed by atoms with Gasteiger partial charge in [-0.05, 0) is 12.5 Å². The molecule has 86 valence electrons. The standard InChI is InChI=1S/C13H13N3S/c14-7-11-10-3-1-2-4-12(10)17-13(11)16-6-5-9(15)8-16/h1-4,9H,5-6,8,15H2. The molecule has 2 heterocycles. The molecule has 1 aliphatic rings. The van der Waals surface area contributed by atoms with Crippen LogP contribution in [0.2, 0.25) is 0 Å². The van der Waals surface area contributed by atoms with Crippen LogP contribution in [0.15, 0.2) is 24.3 Å². The maximum Gasteiger partial charge on any atom is 0.110 e. The summed E-state index contributed by atoms with van der Waals surface area (Å²) >= 11 is 1.70. The van der Waals surface area contributed by atoms with Crippen molar-refractivity contribution in [3.8, 4) is 6.07 Å². The largest absolute Gasteiger partial charge is 0.361 e. The Morgan fingerprint density at radius 1 is 1.41 bits per heavy atom. The monoisotopic (exact) mass is 243 g/mol. The third-order valence-electron chi connectivity index (χ3n) is 3.20. The van der Waals surface area contributed by atoms with Crippen molar-refractivity contribution in [1.29, 1.82) is 5.26 Å². The molecule has 1 saturated heterocycles. The van der Waals surface area contributed by atoms with Gasteiger partial charge in [0.1, 0.15) is 11.1 Å². The van der Waals surface area contributed by atoms with Crippen molar-refractivity contribution in [2.75, 3.05) is 18.0 Å². The van der Waals surface area contributed by atoms with E-state index in [-0.39, 0.29) is 6.04 Å². The molecule has 0 spiro atoms. The van der Waals surface area contributed by atoms with Crippen molar-refractivity contribution in [2.45, 2.75) is 12.5 Å². The van der Waals surface area contributed by atoms with Gasteiger partial charge in [-0.1, -0.05) is 18.2 Å². The van der Waals surface area contributed by atoms with Gasteiger partial charge in [0.25, 0.3) is 0 Å². The molecule has 3 nitrogen and oxygen atoms in total. The Bertz CT molecular complexity index is 596. The summed E-state index contributed by atoms with van der Waals surface area (Å²) in [6.07, 6.45) is 1.01. The lowest BCUT2D eigenvalue weighted by Gasteiger charge is -2.15. The van der Waals surface area contributed by atoms with Gasteiger partial charge in [-0.2, -0.15) is 5.26 Å². The van der Waals surface area contributed by atoms with Crippen molar-refractivity contribution in [3.63, 3.8) is 0 Å². The van der Waals surface area contributed by atoms with Crippen molar-refractivity contribution < 1.29 is 0 Å². The Morgan fingerprint density at radius 2 is 2.24 bits per heavy atom. The molecule has 4 heteroatoms. The molecule has 1 fully saturated rings. The first-order chi connectivity index (χ1) is 8.29. The maximum atomic E-state index is 9.33. The van der Waals surface area contributed by atoms with Crippen LogP contribution in [-0.4, -0.2) is 19.1 Å². The summed E-state index contributed by atoms with van der Waals surface area (Å²) in [5, 5.41) is 11.5. The number of nitriles is 1. The molecule has 0 radical (unpaired) electrons. The van der Waals surface area contributed by atoms with Crippen molar-refractivity contribution in [1.82, 2.24) is 0 Å². The minimum atomic E-state index is 0.242. The first kappa shape index (κ1) is 10.6. The highest BCUT2D eigenvalue weighted by Gasteiger charge is 2.24. The molecular weight excluding hydrogens is 230 g/mol. The molecule has 1 aromatic carbocycles. The number of hydrogen-bond donors (Lipinski definition) is 1. The van der Waals surface area contributed by atoms with Gasteiger partial charge < -0.3 is 10.6 Å². The van der Waals surface area contributed by atoms with Crippen LogP contribution >= 0.6 is 11.3 Å². The summed E-state index contributed by atoms with van der Waals surface area (Å²) < 4.78 is 1.18. The molecule has 1 unspecified atom stereocenters. The van der Waals surface area contributed by atoms with E-state index in [9.17, 15) is 5.26 Å². The maximum absolute atomic E-state index is 9.33. The van der Waals surface area contributed by atoms with E-state index in [1.807, 2.05) is 18.2 Å². The summed E-state index contributed by atoms with van der Waals surface area (Å²) in [6.45, 7) is 1.82. The van der Waals surface area contributed by atoms with E-state index in [2.05, 4.69) is 17.0 Å². The fourth-order valence-corrected chi connectivity index (χ4v) is 3.52. The van der Waals surface area contributed by atoms with Gasteiger partial charge in [0.2, 0.25) is 0 Å². The second kappa shape index (κ2) is 4.02. The van der Waals surface area contributed by atoms with E-state index in [1.54, 1.807) is 11.3 Å². The topological polar surface area (TPSA) is 53.0 Å². The lowest BCUT2D eigenvalue weighted by Crippen LogP contribution is -2.26. The molecule has 1 aliphatic heterocycles. The number of anilines is 1. The summed E-state index contributed by atoms with van der Waals surface area (Å²) in [7, 11) is 0. The van der Waals surface area contributed by atoms with E-state index in [0.717, 1.165) is 35.5 Å². The molecule has 0 amide bonds. The Labute approximate surface area is 104 Å². The molecular formula is C13H13N3S. The third kappa shape index (κ3) is 1.68. The van der Waals surface area contributed by atoms with Crippen LogP contribution < -0.4 is 10.6 Å². The Hall–Kier alpha value is -1.57. The van der Waals surface area contributed by atoms with Crippen LogP contribution in [0.1, 0.15) is 12.0 Å². The highest BCUT2D eigenvalue weighted by molar-refractivity contribution is 7.23. The Morgan fingerprint density at radius 3 is 2.94 bits per heavy atom. The van der Waals surface area contributed by atoms with Crippen LogP contribution in [-0.2, 0) is 0 Å². The summed E-state index contributed by atoms with van der Waals surface area (Å²) in [5.41, 5.74) is 6.73. The number of rotatable bonds is 1. The summed E-state index contributed by atoms with van der Waals surface area (Å²) in [4.78, 5) is 2.24. The van der Waals surface area contributed by atoms with Crippen LogP contribution in [0.5, 0.6) is 0 Å². The highest BCUT2D eigenvalue weighted by Crippen LogP contribution is 2.38. The molecule has 0 bridgehead atoms. The number of nitrogens with zero attached hydrogens (tertiary/aromatic N) is 2. The average Bonchev–Trinajstić information content (AvgIpc) is 2.91. The number of benzene rings is 1. The second-order valence-electron chi connectivity index (χ2n) is 4.38. The van der Waals surface area contributed by atoms with Gasteiger partial charge >= 0.3 is 0 Å². The number of fused-ring (bicyclic) bond motifs is 1. The van der Waals surface area contributed by atoms with Crippen LogP contribution in [0.3, 0.4) is 0 Å². The summed E-state index contributed by atoms with van der Waals surface area (Å²) in [5.74, 6) is 0. The molecule has 3 rings (SSSR count). The molecule has 0 aliphatic carbocycles. The van der Waals surface area contributed by atoms with Crippen molar-refractivity contribution >= 4 is 26.4 Å². The van der Waals surface area contributed by atoms with Gasteiger partial charge in [0.05, 0.1) is 5.56 Å². The molecule has 2 aromatic rings. The van der Waals surface area contributed by atoms with Crippen molar-refractivity contribution in [3.05, 3.63) is 29.8 Å². The predicted molar refractivity (Wildman–Crippen MR) is 71.3 cm³/mol. The van der Waals surface area contributed by atoms with E-state index < -0.39 is 0 Å². The minimum absolute atomic E-state index is 0.242. The average molecular weight is 243 g/mol. The molecule has 1 aromatic heterocycles. The minimum Gasteiger partial charge on any atom is -0.361 e. The van der Waals surface area contributed by atoms with Gasteiger partial charge in [-0.3, -0.25) is 0 Å². The number of thiophene rings is 1. The highest BCUT2D eigenvalue weighted by atomic mass is 32.1. The lowest BCUT2D eigenvalue weighted by atomic mass is 10.2. The van der Waals surface area contributed by atoms with Crippen molar-refractivity contribution in [2.24, 2.45) is 5.73 Å². The zero-order chi connectivity index (χ0) is 11.8. The normalized spacial score (nSPS) is 19.8. The second-order valence-corrected chi connectivity index (χ2v) is 5.42. The fourth-order valence-electron chi connectivity index (χ4n) is 2.34. The van der Waals surface area contributed by atoms with Gasteiger partial charge in [0.15, 0.2) is 0 Å². The van der Waals surface area contributed by atoms with Gasteiger partial charge in [-0.15, -0.1) is 11.3 Å². The van der Waals surface area contributed by atoms with Crippen LogP contribution in [0.4, 0.5) is 5.00 Å². The first-order valence-electron chi connectivity index (χ1n) is 5.72. The van der Waals surface area contributed by atoms with E-state index >= 15 is 0 Å². The number of nitrogens with two attached hydrogens (primary N) is 1. The smallest absolute Gasteiger partial charge is 0.110 e. The quantitative estimate of drug-likeness (QED) is 0.836. The molecule has 0 saturated carbocycles. The zero-order valence-corrected chi connectivity index (χ0v) is 10.2. The summed E-state index contributed by atoms with van der Waals surface area (Å²) in [6, 6.07) is 10.7. The molecule has 2 N–H and O–H groups in total. The first-order valence-corrected chi connectivity index (χ1v) is 6.53. The Kier molecular flexibility index (Phi) is 2.50.